The maximum Gasteiger partial charge on any atom is 0.124 e. The number of alkyl halides is 1. The van der Waals surface area contributed by atoms with E-state index in [1.165, 1.54) is 0 Å². The first-order valence-electron chi connectivity index (χ1n) is 4.71. The smallest absolute Gasteiger partial charge is 0.124 e. The zero-order valence-electron chi connectivity index (χ0n) is 7.99. The van der Waals surface area contributed by atoms with Gasteiger partial charge in [0.25, 0.3) is 0 Å². The number of hydrogen-bond donors (Lipinski definition) is 2. The molecule has 0 aromatic carbocycles. The largest absolute Gasteiger partial charge is 0.317 e. The van der Waals surface area contributed by atoms with Gasteiger partial charge in [-0.15, -0.1) is 0 Å². The zero-order chi connectivity index (χ0) is 9.03. The SMILES string of the molecule is CNCC(C)(F)C1CCCNC1. The third-order valence-corrected chi connectivity index (χ3v) is 2.67. The average Bonchev–Trinajstić information content (AvgIpc) is 2.06. The highest BCUT2D eigenvalue weighted by molar-refractivity contribution is 4.87. The lowest BCUT2D eigenvalue weighted by Gasteiger charge is -2.33. The summed E-state index contributed by atoms with van der Waals surface area (Å²) in [5, 5.41) is 6.13. The molecule has 2 nitrogen and oxygen atoms in total. The molecule has 0 amide bonds. The molecule has 1 aliphatic rings. The van der Waals surface area contributed by atoms with Crippen LogP contribution in [0.4, 0.5) is 4.39 Å². The minimum absolute atomic E-state index is 0.179. The fraction of sp³-hybridized carbons (Fsp3) is 1.00. The van der Waals surface area contributed by atoms with Crippen LogP contribution in [0.3, 0.4) is 0 Å². The second-order valence-corrected chi connectivity index (χ2v) is 3.85. The lowest BCUT2D eigenvalue weighted by Crippen LogP contribution is -2.46. The first-order valence-corrected chi connectivity index (χ1v) is 4.71. The Kier molecular flexibility index (Phi) is 3.47. The zero-order valence-corrected chi connectivity index (χ0v) is 7.99. The predicted octanol–water partition coefficient (Wildman–Crippen LogP) is 0.934. The Morgan fingerprint density at radius 2 is 2.42 bits per heavy atom. The van der Waals surface area contributed by atoms with Gasteiger partial charge in [-0.1, -0.05) is 0 Å². The minimum atomic E-state index is -1.05. The molecule has 1 fully saturated rings. The van der Waals surface area contributed by atoms with E-state index in [0.717, 1.165) is 25.9 Å². The number of nitrogens with one attached hydrogen (secondary N) is 2. The fourth-order valence-corrected chi connectivity index (χ4v) is 1.86. The molecule has 1 rings (SSSR count). The molecule has 0 aromatic rings. The summed E-state index contributed by atoms with van der Waals surface area (Å²) in [6.45, 7) is 4.03. The van der Waals surface area contributed by atoms with Gasteiger partial charge < -0.3 is 10.6 Å². The Morgan fingerprint density at radius 1 is 1.67 bits per heavy atom. The van der Waals surface area contributed by atoms with E-state index in [-0.39, 0.29) is 5.92 Å². The van der Waals surface area contributed by atoms with Gasteiger partial charge in [0.15, 0.2) is 0 Å². The van der Waals surface area contributed by atoms with Crippen LogP contribution in [0.2, 0.25) is 0 Å². The molecule has 3 heteroatoms. The molecule has 72 valence electrons. The summed E-state index contributed by atoms with van der Waals surface area (Å²) in [5.41, 5.74) is -1.05. The van der Waals surface area contributed by atoms with Gasteiger partial charge in [0, 0.05) is 19.0 Å². The summed E-state index contributed by atoms with van der Waals surface area (Å²) in [5.74, 6) is 0.179. The molecule has 0 aromatic heterocycles. The molecule has 0 spiro atoms. The molecule has 0 saturated carbocycles. The second-order valence-electron chi connectivity index (χ2n) is 3.85. The van der Waals surface area contributed by atoms with E-state index in [1.807, 2.05) is 0 Å². The Hall–Kier alpha value is -0.150. The Morgan fingerprint density at radius 3 is 2.92 bits per heavy atom. The van der Waals surface area contributed by atoms with Gasteiger partial charge in [0.05, 0.1) is 0 Å². The third-order valence-electron chi connectivity index (χ3n) is 2.67. The van der Waals surface area contributed by atoms with Gasteiger partial charge in [0.2, 0.25) is 0 Å². The van der Waals surface area contributed by atoms with E-state index in [4.69, 9.17) is 0 Å². The van der Waals surface area contributed by atoms with E-state index in [2.05, 4.69) is 10.6 Å². The van der Waals surface area contributed by atoms with Gasteiger partial charge in [-0.25, -0.2) is 4.39 Å². The Labute approximate surface area is 73.9 Å². The number of halogens is 1. The maximum absolute atomic E-state index is 13.9. The summed E-state index contributed by atoms with van der Waals surface area (Å²) in [6, 6.07) is 0. The van der Waals surface area contributed by atoms with Crippen LogP contribution in [-0.2, 0) is 0 Å². The first-order chi connectivity index (χ1) is 5.67. The lowest BCUT2D eigenvalue weighted by molar-refractivity contribution is 0.0844. The minimum Gasteiger partial charge on any atom is -0.317 e. The lowest BCUT2D eigenvalue weighted by atomic mass is 9.85. The van der Waals surface area contributed by atoms with Gasteiger partial charge in [0.1, 0.15) is 5.67 Å². The third kappa shape index (κ3) is 2.42. The molecule has 0 bridgehead atoms. The van der Waals surface area contributed by atoms with Crippen LogP contribution in [0.25, 0.3) is 0 Å². The molecular formula is C9H19FN2. The standard InChI is InChI=1S/C9H19FN2/c1-9(10,7-11-2)8-4-3-5-12-6-8/h8,11-12H,3-7H2,1-2H3. The van der Waals surface area contributed by atoms with Crippen molar-refractivity contribution in [1.29, 1.82) is 0 Å². The molecular weight excluding hydrogens is 155 g/mol. The summed E-state index contributed by atoms with van der Waals surface area (Å²) in [7, 11) is 1.80. The van der Waals surface area contributed by atoms with Gasteiger partial charge in [-0.2, -0.15) is 0 Å². The molecule has 2 unspecified atom stereocenters. The summed E-state index contributed by atoms with van der Waals surface area (Å²) >= 11 is 0. The van der Waals surface area contributed by atoms with Crippen molar-refractivity contribution in [2.45, 2.75) is 25.4 Å². The number of rotatable bonds is 3. The van der Waals surface area contributed by atoms with Crippen molar-refractivity contribution >= 4 is 0 Å². The molecule has 1 heterocycles. The molecule has 0 radical (unpaired) electrons. The Bertz CT molecular complexity index is 130. The van der Waals surface area contributed by atoms with Gasteiger partial charge in [-0.05, 0) is 33.4 Å². The van der Waals surface area contributed by atoms with Gasteiger partial charge in [-0.3, -0.25) is 0 Å². The summed E-state index contributed by atoms with van der Waals surface area (Å²) in [6.07, 6.45) is 2.12. The highest BCUT2D eigenvalue weighted by atomic mass is 19.1. The topological polar surface area (TPSA) is 24.1 Å². The van der Waals surface area contributed by atoms with Crippen molar-refractivity contribution in [2.75, 3.05) is 26.7 Å². The van der Waals surface area contributed by atoms with E-state index in [0.29, 0.717) is 6.54 Å². The average molecular weight is 174 g/mol. The van der Waals surface area contributed by atoms with Crippen LogP contribution in [0.5, 0.6) is 0 Å². The van der Waals surface area contributed by atoms with E-state index in [9.17, 15) is 4.39 Å². The highest BCUT2D eigenvalue weighted by Crippen LogP contribution is 2.26. The summed E-state index contributed by atoms with van der Waals surface area (Å²) in [4.78, 5) is 0. The molecule has 0 aliphatic carbocycles. The van der Waals surface area contributed by atoms with Crippen LogP contribution < -0.4 is 10.6 Å². The highest BCUT2D eigenvalue weighted by Gasteiger charge is 2.34. The van der Waals surface area contributed by atoms with Crippen molar-refractivity contribution in [1.82, 2.24) is 10.6 Å². The summed E-state index contributed by atoms with van der Waals surface area (Å²) < 4.78 is 13.9. The van der Waals surface area contributed by atoms with Crippen molar-refractivity contribution < 1.29 is 4.39 Å². The van der Waals surface area contributed by atoms with E-state index in [1.54, 1.807) is 14.0 Å². The van der Waals surface area contributed by atoms with Crippen LogP contribution in [-0.4, -0.2) is 32.4 Å². The normalized spacial score (nSPS) is 29.8. The number of hydrogen-bond acceptors (Lipinski definition) is 2. The van der Waals surface area contributed by atoms with E-state index < -0.39 is 5.67 Å². The number of piperidine rings is 1. The second kappa shape index (κ2) is 4.19. The molecule has 1 aliphatic heterocycles. The molecule has 2 atom stereocenters. The van der Waals surface area contributed by atoms with Crippen LogP contribution >= 0.6 is 0 Å². The predicted molar refractivity (Wildman–Crippen MR) is 49.0 cm³/mol. The van der Waals surface area contributed by atoms with Crippen LogP contribution in [0.15, 0.2) is 0 Å². The van der Waals surface area contributed by atoms with Crippen molar-refractivity contribution in [2.24, 2.45) is 5.92 Å². The van der Waals surface area contributed by atoms with Crippen molar-refractivity contribution in [3.05, 3.63) is 0 Å². The van der Waals surface area contributed by atoms with Gasteiger partial charge >= 0.3 is 0 Å². The molecule has 2 N–H and O–H groups in total. The maximum atomic E-state index is 13.9. The quantitative estimate of drug-likeness (QED) is 0.665. The van der Waals surface area contributed by atoms with E-state index >= 15 is 0 Å². The van der Waals surface area contributed by atoms with Crippen LogP contribution in [0.1, 0.15) is 19.8 Å². The van der Waals surface area contributed by atoms with Crippen LogP contribution in [0, 0.1) is 5.92 Å². The fourth-order valence-electron chi connectivity index (χ4n) is 1.86. The molecule has 12 heavy (non-hydrogen) atoms. The first kappa shape index (κ1) is 9.93. The van der Waals surface area contributed by atoms with Crippen molar-refractivity contribution in [3.63, 3.8) is 0 Å². The van der Waals surface area contributed by atoms with Crippen molar-refractivity contribution in [3.8, 4) is 0 Å². The molecule has 1 saturated heterocycles. The monoisotopic (exact) mass is 174 g/mol. The Balaban J connectivity index is 2.41.